The van der Waals surface area contributed by atoms with Crippen molar-refractivity contribution in [2.75, 3.05) is 60.2 Å². The maximum atomic E-state index is 11.8. The van der Waals surface area contributed by atoms with Crippen molar-refractivity contribution >= 4 is 29.3 Å². The standard InChI is InChI=1S/C25H31N9O2/c1-3-27-25(35)29-18-6-4-17(5-7-18)22-30-20-15-34(24-28-14-16(2)21(26)31-24)9-8-19(20)23(32-22)33-10-12-36-13-11-33/h4-7,14H,3,8-13,15H2,1-2H3,(H2,26,28,31)(H2,27,29,35). The van der Waals surface area contributed by atoms with Crippen molar-refractivity contribution in [3.63, 3.8) is 0 Å². The molecule has 4 heterocycles. The molecule has 0 atom stereocenters. The molecule has 2 aromatic heterocycles. The number of nitrogens with one attached hydrogen (secondary N) is 2. The predicted molar refractivity (Wildman–Crippen MR) is 139 cm³/mol. The van der Waals surface area contributed by atoms with E-state index in [1.165, 1.54) is 0 Å². The molecule has 0 unspecified atom stereocenters. The van der Waals surface area contributed by atoms with E-state index in [4.69, 9.17) is 20.4 Å². The summed E-state index contributed by atoms with van der Waals surface area (Å²) in [4.78, 5) is 35.2. The Bertz CT molecular complexity index is 1240. The smallest absolute Gasteiger partial charge is 0.319 e. The first-order valence-corrected chi connectivity index (χ1v) is 12.2. The van der Waals surface area contributed by atoms with Crippen LogP contribution < -0.4 is 26.2 Å². The highest BCUT2D eigenvalue weighted by atomic mass is 16.5. The van der Waals surface area contributed by atoms with Gasteiger partial charge in [0.25, 0.3) is 0 Å². The number of aryl methyl sites for hydroxylation is 1. The highest BCUT2D eigenvalue weighted by molar-refractivity contribution is 5.89. The van der Waals surface area contributed by atoms with Gasteiger partial charge in [0.2, 0.25) is 5.95 Å². The number of rotatable bonds is 5. The molecule has 1 saturated heterocycles. The second kappa shape index (κ2) is 10.3. The summed E-state index contributed by atoms with van der Waals surface area (Å²) in [5.74, 6) is 2.71. The quantitative estimate of drug-likeness (QED) is 0.494. The van der Waals surface area contributed by atoms with Crippen LogP contribution in [0.1, 0.15) is 23.7 Å². The van der Waals surface area contributed by atoms with E-state index in [9.17, 15) is 4.79 Å². The molecule has 11 nitrogen and oxygen atoms in total. The van der Waals surface area contributed by atoms with Crippen LogP contribution in [0.3, 0.4) is 0 Å². The first kappa shape index (κ1) is 23.7. The molecule has 11 heteroatoms. The van der Waals surface area contributed by atoms with Crippen molar-refractivity contribution in [1.82, 2.24) is 25.3 Å². The second-order valence-corrected chi connectivity index (χ2v) is 8.87. The summed E-state index contributed by atoms with van der Waals surface area (Å²) in [7, 11) is 0. The lowest BCUT2D eigenvalue weighted by Gasteiger charge is -2.34. The first-order valence-electron chi connectivity index (χ1n) is 12.2. The van der Waals surface area contributed by atoms with Crippen molar-refractivity contribution in [2.24, 2.45) is 0 Å². The van der Waals surface area contributed by atoms with Crippen LogP contribution in [0.25, 0.3) is 11.4 Å². The summed E-state index contributed by atoms with van der Waals surface area (Å²) in [6.45, 7) is 8.61. The molecular weight excluding hydrogens is 458 g/mol. The van der Waals surface area contributed by atoms with Crippen LogP contribution in [0.15, 0.2) is 30.5 Å². The van der Waals surface area contributed by atoms with Gasteiger partial charge in [-0.15, -0.1) is 0 Å². The van der Waals surface area contributed by atoms with Gasteiger partial charge in [-0.2, -0.15) is 4.98 Å². The third-order valence-electron chi connectivity index (χ3n) is 6.37. The minimum atomic E-state index is -0.232. The fourth-order valence-electron chi connectivity index (χ4n) is 4.38. The maximum absolute atomic E-state index is 11.8. The van der Waals surface area contributed by atoms with E-state index < -0.39 is 0 Å². The number of morpholine rings is 1. The summed E-state index contributed by atoms with van der Waals surface area (Å²) in [5.41, 5.74) is 10.6. The molecular formula is C25H31N9O2. The van der Waals surface area contributed by atoms with Crippen molar-refractivity contribution in [3.8, 4) is 11.4 Å². The molecule has 0 saturated carbocycles. The number of fused-ring (bicyclic) bond motifs is 1. The van der Waals surface area contributed by atoms with Crippen LogP contribution in [0.5, 0.6) is 0 Å². The van der Waals surface area contributed by atoms with E-state index in [0.717, 1.165) is 54.3 Å². The van der Waals surface area contributed by atoms with E-state index in [0.29, 0.717) is 49.6 Å². The van der Waals surface area contributed by atoms with Crippen molar-refractivity contribution in [3.05, 3.63) is 47.3 Å². The molecule has 188 valence electrons. The largest absolute Gasteiger partial charge is 0.383 e. The number of amides is 2. The van der Waals surface area contributed by atoms with Gasteiger partial charge in [-0.3, -0.25) is 0 Å². The van der Waals surface area contributed by atoms with Crippen LogP contribution in [-0.2, 0) is 17.7 Å². The number of urea groups is 1. The maximum Gasteiger partial charge on any atom is 0.319 e. The monoisotopic (exact) mass is 489 g/mol. The van der Waals surface area contributed by atoms with Crippen LogP contribution in [0, 0.1) is 6.92 Å². The van der Waals surface area contributed by atoms with Gasteiger partial charge in [-0.05, 0) is 44.5 Å². The van der Waals surface area contributed by atoms with E-state index in [-0.39, 0.29) is 6.03 Å². The van der Waals surface area contributed by atoms with E-state index >= 15 is 0 Å². The molecule has 2 amide bonds. The minimum absolute atomic E-state index is 0.232. The zero-order chi connectivity index (χ0) is 25.1. The van der Waals surface area contributed by atoms with Crippen LogP contribution in [0.4, 0.5) is 28.1 Å². The van der Waals surface area contributed by atoms with Gasteiger partial charge in [0.1, 0.15) is 11.6 Å². The van der Waals surface area contributed by atoms with E-state index in [2.05, 4.69) is 30.4 Å². The zero-order valence-corrected chi connectivity index (χ0v) is 20.6. The highest BCUT2D eigenvalue weighted by Gasteiger charge is 2.27. The molecule has 4 N–H and O–H groups in total. The summed E-state index contributed by atoms with van der Waals surface area (Å²) in [5, 5.41) is 5.55. The fraction of sp³-hybridized carbons (Fsp3) is 0.400. The number of hydrogen-bond acceptors (Lipinski definition) is 9. The molecule has 2 aliphatic heterocycles. The number of aromatic nitrogens is 4. The number of nitrogens with zero attached hydrogens (tertiary/aromatic N) is 6. The topological polar surface area (TPSA) is 134 Å². The molecule has 2 aliphatic rings. The molecule has 3 aromatic rings. The second-order valence-electron chi connectivity index (χ2n) is 8.87. The number of nitrogens with two attached hydrogens (primary N) is 1. The molecule has 1 aromatic carbocycles. The average molecular weight is 490 g/mol. The Labute approximate surface area is 210 Å². The summed E-state index contributed by atoms with van der Waals surface area (Å²) in [6.07, 6.45) is 2.54. The Kier molecular flexibility index (Phi) is 6.81. The normalized spacial score (nSPS) is 15.4. The Morgan fingerprint density at radius 1 is 1.08 bits per heavy atom. The lowest BCUT2D eigenvalue weighted by molar-refractivity contribution is 0.122. The van der Waals surface area contributed by atoms with Crippen molar-refractivity contribution < 1.29 is 9.53 Å². The highest BCUT2D eigenvalue weighted by Crippen LogP contribution is 2.31. The van der Waals surface area contributed by atoms with Gasteiger partial charge in [0.05, 0.1) is 25.5 Å². The van der Waals surface area contributed by atoms with Crippen LogP contribution >= 0.6 is 0 Å². The van der Waals surface area contributed by atoms with Gasteiger partial charge < -0.3 is 30.9 Å². The van der Waals surface area contributed by atoms with Gasteiger partial charge in [0, 0.05) is 54.8 Å². The number of carbonyl (C=O) groups is 1. The number of anilines is 4. The van der Waals surface area contributed by atoms with Gasteiger partial charge in [0.15, 0.2) is 5.82 Å². The molecule has 36 heavy (non-hydrogen) atoms. The Morgan fingerprint density at radius 2 is 1.86 bits per heavy atom. The molecule has 0 spiro atoms. The van der Waals surface area contributed by atoms with Gasteiger partial charge >= 0.3 is 6.03 Å². The lowest BCUT2D eigenvalue weighted by atomic mass is 10.0. The van der Waals surface area contributed by atoms with Gasteiger partial charge in [-0.25, -0.2) is 19.7 Å². The summed E-state index contributed by atoms with van der Waals surface area (Å²) in [6, 6.07) is 7.34. The Balaban J connectivity index is 1.48. The third kappa shape index (κ3) is 5.01. The van der Waals surface area contributed by atoms with E-state index in [1.807, 2.05) is 38.1 Å². The Hall–Kier alpha value is -3.99. The minimum Gasteiger partial charge on any atom is -0.383 e. The average Bonchev–Trinajstić information content (AvgIpc) is 2.90. The fourth-order valence-corrected chi connectivity index (χ4v) is 4.38. The summed E-state index contributed by atoms with van der Waals surface area (Å²) < 4.78 is 5.58. The number of benzene rings is 1. The summed E-state index contributed by atoms with van der Waals surface area (Å²) >= 11 is 0. The third-order valence-corrected chi connectivity index (χ3v) is 6.37. The number of carbonyl (C=O) groups excluding carboxylic acids is 1. The van der Waals surface area contributed by atoms with Crippen molar-refractivity contribution in [1.29, 1.82) is 0 Å². The predicted octanol–water partition coefficient (Wildman–Crippen LogP) is 2.36. The lowest BCUT2D eigenvalue weighted by Crippen LogP contribution is -2.40. The number of ether oxygens (including phenoxy) is 1. The molecule has 1 fully saturated rings. The Morgan fingerprint density at radius 3 is 2.58 bits per heavy atom. The van der Waals surface area contributed by atoms with Crippen LogP contribution in [0.2, 0.25) is 0 Å². The SMILES string of the molecule is CCNC(=O)Nc1ccc(-c2nc3c(c(N4CCOCC4)n2)CCN(c2ncc(C)c(N)n2)C3)cc1. The van der Waals surface area contributed by atoms with Gasteiger partial charge in [-0.1, -0.05) is 0 Å². The van der Waals surface area contributed by atoms with Crippen LogP contribution in [-0.4, -0.2) is 65.4 Å². The molecule has 0 bridgehead atoms. The van der Waals surface area contributed by atoms with E-state index in [1.54, 1.807) is 6.20 Å². The van der Waals surface area contributed by atoms with Crippen molar-refractivity contribution in [2.45, 2.75) is 26.8 Å². The molecule has 0 radical (unpaired) electrons. The zero-order valence-electron chi connectivity index (χ0n) is 20.6. The number of nitrogen functional groups attached to an aromatic ring is 1. The molecule has 0 aliphatic carbocycles. The molecule has 5 rings (SSSR count). The number of hydrogen-bond donors (Lipinski definition) is 3. The first-order chi connectivity index (χ1) is 17.5.